The molecule has 2 amide bonds. The van der Waals surface area contributed by atoms with E-state index < -0.39 is 5.91 Å². The van der Waals surface area contributed by atoms with Crippen LogP contribution in [0.4, 0.5) is 0 Å². The standard InChI is InChI=1S/C17H25N5O2.HI/c1-12-3-2-8-22(11-12)17(19)21-9-13-4-6-14(7-5-13)16(24)20-10-15(18)23;/h4-7,12H,2-3,8-11H2,1H3,(H2,18,23)(H2,19,21)(H,20,24);1H. The number of guanidine groups is 1. The van der Waals surface area contributed by atoms with Crippen LogP contribution in [-0.4, -0.2) is 42.3 Å². The fourth-order valence-electron chi connectivity index (χ4n) is 2.70. The second-order valence-corrected chi connectivity index (χ2v) is 6.21. The molecule has 0 aromatic heterocycles. The SMILES string of the molecule is CC1CCCN(C(N)=NCc2ccc(C(=O)NCC(N)=O)cc2)C1.I. The van der Waals surface area contributed by atoms with Gasteiger partial charge in [0.2, 0.25) is 5.91 Å². The molecule has 1 aromatic carbocycles. The second kappa shape index (κ2) is 10.2. The van der Waals surface area contributed by atoms with E-state index in [9.17, 15) is 9.59 Å². The molecular weight excluding hydrogens is 433 g/mol. The van der Waals surface area contributed by atoms with E-state index in [-0.39, 0.29) is 36.4 Å². The fourth-order valence-corrected chi connectivity index (χ4v) is 2.70. The van der Waals surface area contributed by atoms with E-state index in [2.05, 4.69) is 22.1 Å². The van der Waals surface area contributed by atoms with Gasteiger partial charge in [0.1, 0.15) is 0 Å². The third-order valence-corrected chi connectivity index (χ3v) is 4.04. The van der Waals surface area contributed by atoms with Crippen LogP contribution >= 0.6 is 24.0 Å². The molecule has 0 saturated carbocycles. The summed E-state index contributed by atoms with van der Waals surface area (Å²) in [5.41, 5.74) is 12.5. The van der Waals surface area contributed by atoms with Gasteiger partial charge in [0.05, 0.1) is 13.1 Å². The van der Waals surface area contributed by atoms with Gasteiger partial charge in [0.15, 0.2) is 5.96 Å². The van der Waals surface area contributed by atoms with E-state index in [1.54, 1.807) is 12.1 Å². The minimum atomic E-state index is -0.572. The maximum absolute atomic E-state index is 11.8. The number of benzene rings is 1. The van der Waals surface area contributed by atoms with E-state index >= 15 is 0 Å². The van der Waals surface area contributed by atoms with Gasteiger partial charge in [-0.3, -0.25) is 9.59 Å². The molecule has 0 radical (unpaired) electrons. The number of halogens is 1. The third-order valence-electron chi connectivity index (χ3n) is 4.04. The Morgan fingerprint density at radius 1 is 1.28 bits per heavy atom. The van der Waals surface area contributed by atoms with Crippen molar-refractivity contribution in [3.05, 3.63) is 35.4 Å². The monoisotopic (exact) mass is 459 g/mol. The molecule has 25 heavy (non-hydrogen) atoms. The summed E-state index contributed by atoms with van der Waals surface area (Å²) in [4.78, 5) is 29.0. The molecule has 5 N–H and O–H groups in total. The first-order chi connectivity index (χ1) is 11.5. The minimum Gasteiger partial charge on any atom is -0.370 e. The van der Waals surface area contributed by atoms with Crippen LogP contribution < -0.4 is 16.8 Å². The maximum Gasteiger partial charge on any atom is 0.251 e. The molecule has 1 fully saturated rings. The van der Waals surface area contributed by atoms with Crippen molar-refractivity contribution in [2.24, 2.45) is 22.4 Å². The summed E-state index contributed by atoms with van der Waals surface area (Å²) in [5, 5.41) is 2.45. The normalized spacial score (nSPS) is 17.6. The summed E-state index contributed by atoms with van der Waals surface area (Å²) in [6.07, 6.45) is 2.38. The first kappa shape index (κ1) is 21.2. The number of likely N-dealkylation sites (tertiary alicyclic amines) is 1. The van der Waals surface area contributed by atoms with E-state index in [0.717, 1.165) is 25.1 Å². The number of rotatable bonds is 5. The van der Waals surface area contributed by atoms with Gasteiger partial charge in [0, 0.05) is 18.7 Å². The van der Waals surface area contributed by atoms with E-state index in [4.69, 9.17) is 11.5 Å². The molecule has 1 aromatic rings. The number of primary amides is 1. The molecule has 1 aliphatic rings. The number of aliphatic imine (C=N–C) groups is 1. The zero-order valence-corrected chi connectivity index (χ0v) is 16.7. The molecule has 138 valence electrons. The highest BCUT2D eigenvalue weighted by molar-refractivity contribution is 14.0. The molecular formula is C17H26IN5O2. The van der Waals surface area contributed by atoms with E-state index in [0.29, 0.717) is 24.0 Å². The van der Waals surface area contributed by atoms with Crippen molar-refractivity contribution < 1.29 is 9.59 Å². The molecule has 1 atom stereocenters. The summed E-state index contributed by atoms with van der Waals surface area (Å²) >= 11 is 0. The number of carbonyl (C=O) groups is 2. The lowest BCUT2D eigenvalue weighted by Gasteiger charge is -2.31. The summed E-state index contributed by atoms with van der Waals surface area (Å²) in [6, 6.07) is 7.05. The molecule has 8 heteroatoms. The Hall–Kier alpha value is -1.84. The van der Waals surface area contributed by atoms with Crippen LogP contribution in [0, 0.1) is 5.92 Å². The minimum absolute atomic E-state index is 0. The average Bonchev–Trinajstić information content (AvgIpc) is 2.58. The number of carbonyl (C=O) groups excluding carboxylic acids is 2. The molecule has 0 aliphatic carbocycles. The number of nitrogens with one attached hydrogen (secondary N) is 1. The van der Waals surface area contributed by atoms with Crippen LogP contribution in [0.15, 0.2) is 29.3 Å². The van der Waals surface area contributed by atoms with Gasteiger partial charge < -0.3 is 21.7 Å². The van der Waals surface area contributed by atoms with Crippen LogP contribution in [0.25, 0.3) is 0 Å². The van der Waals surface area contributed by atoms with Gasteiger partial charge in [-0.15, -0.1) is 24.0 Å². The highest BCUT2D eigenvalue weighted by Gasteiger charge is 2.17. The molecule has 0 spiro atoms. The number of hydrogen-bond donors (Lipinski definition) is 3. The molecule has 2 rings (SSSR count). The fraction of sp³-hybridized carbons (Fsp3) is 0.471. The van der Waals surface area contributed by atoms with Crippen LogP contribution in [-0.2, 0) is 11.3 Å². The molecule has 7 nitrogen and oxygen atoms in total. The molecule has 1 heterocycles. The van der Waals surface area contributed by atoms with Gasteiger partial charge in [-0.2, -0.15) is 0 Å². The highest BCUT2D eigenvalue weighted by atomic mass is 127. The van der Waals surface area contributed by atoms with Crippen LogP contribution in [0.2, 0.25) is 0 Å². The number of hydrogen-bond acceptors (Lipinski definition) is 3. The van der Waals surface area contributed by atoms with E-state index in [1.807, 2.05) is 12.1 Å². The van der Waals surface area contributed by atoms with Crippen molar-refractivity contribution in [3.63, 3.8) is 0 Å². The topological polar surface area (TPSA) is 114 Å². The van der Waals surface area contributed by atoms with Gasteiger partial charge in [-0.1, -0.05) is 19.1 Å². The average molecular weight is 459 g/mol. The Bertz CT molecular complexity index is 618. The Labute approximate surface area is 165 Å². The van der Waals surface area contributed by atoms with Gasteiger partial charge in [0.25, 0.3) is 5.91 Å². The Balaban J connectivity index is 0.00000312. The van der Waals surface area contributed by atoms with Crippen LogP contribution in [0.5, 0.6) is 0 Å². The zero-order valence-electron chi connectivity index (χ0n) is 14.4. The smallest absolute Gasteiger partial charge is 0.251 e. The van der Waals surface area contributed by atoms with Crippen molar-refractivity contribution in [1.29, 1.82) is 0 Å². The van der Waals surface area contributed by atoms with Crippen molar-refractivity contribution in [3.8, 4) is 0 Å². The number of nitrogens with two attached hydrogens (primary N) is 2. The van der Waals surface area contributed by atoms with Crippen molar-refractivity contribution >= 4 is 41.8 Å². The quantitative estimate of drug-likeness (QED) is 0.347. The van der Waals surface area contributed by atoms with Crippen molar-refractivity contribution in [2.75, 3.05) is 19.6 Å². The summed E-state index contributed by atoms with van der Waals surface area (Å²) in [5.74, 6) is 0.318. The lowest BCUT2D eigenvalue weighted by Crippen LogP contribution is -2.43. The van der Waals surface area contributed by atoms with Crippen LogP contribution in [0.1, 0.15) is 35.7 Å². The zero-order chi connectivity index (χ0) is 17.5. The molecule has 0 bridgehead atoms. The Morgan fingerprint density at radius 3 is 2.56 bits per heavy atom. The van der Waals surface area contributed by atoms with E-state index in [1.165, 1.54) is 6.42 Å². The van der Waals surface area contributed by atoms with Crippen molar-refractivity contribution in [2.45, 2.75) is 26.3 Å². The highest BCUT2D eigenvalue weighted by Crippen LogP contribution is 2.15. The Kier molecular flexibility index (Phi) is 8.67. The molecule has 1 saturated heterocycles. The number of piperidine rings is 1. The number of amides is 2. The lowest BCUT2D eigenvalue weighted by molar-refractivity contribution is -0.117. The summed E-state index contributed by atoms with van der Waals surface area (Å²) in [7, 11) is 0. The predicted octanol–water partition coefficient (Wildman–Crippen LogP) is 1.07. The van der Waals surface area contributed by atoms with Gasteiger partial charge in [-0.25, -0.2) is 4.99 Å². The first-order valence-corrected chi connectivity index (χ1v) is 8.16. The largest absolute Gasteiger partial charge is 0.370 e. The number of nitrogens with zero attached hydrogens (tertiary/aromatic N) is 2. The first-order valence-electron chi connectivity index (χ1n) is 8.16. The summed E-state index contributed by atoms with van der Waals surface area (Å²) in [6.45, 7) is 4.43. The lowest BCUT2D eigenvalue weighted by atomic mass is 10.0. The molecule has 1 unspecified atom stereocenters. The van der Waals surface area contributed by atoms with Gasteiger partial charge in [-0.05, 0) is 36.5 Å². The van der Waals surface area contributed by atoms with Gasteiger partial charge >= 0.3 is 0 Å². The maximum atomic E-state index is 11.8. The van der Waals surface area contributed by atoms with Crippen molar-refractivity contribution in [1.82, 2.24) is 10.2 Å². The third kappa shape index (κ3) is 6.89. The Morgan fingerprint density at radius 2 is 1.96 bits per heavy atom. The predicted molar refractivity (Wildman–Crippen MR) is 109 cm³/mol. The van der Waals surface area contributed by atoms with Crippen LogP contribution in [0.3, 0.4) is 0 Å². The second-order valence-electron chi connectivity index (χ2n) is 6.21. The summed E-state index contributed by atoms with van der Waals surface area (Å²) < 4.78 is 0. The molecule has 1 aliphatic heterocycles.